The molecule has 1 N–H and O–H groups in total. The normalized spacial score (nSPS) is 27.6. The van der Waals surface area contributed by atoms with Crippen LogP contribution < -0.4 is 5.32 Å². The molecule has 0 aliphatic carbocycles. The highest BCUT2D eigenvalue weighted by Gasteiger charge is 2.26. The molecule has 0 saturated carbocycles. The fraction of sp³-hybridized carbons (Fsp3) is 1.00. The van der Waals surface area contributed by atoms with Crippen molar-refractivity contribution in [2.24, 2.45) is 0 Å². The van der Waals surface area contributed by atoms with Crippen LogP contribution in [0.3, 0.4) is 0 Å². The second-order valence-corrected chi connectivity index (χ2v) is 6.19. The third-order valence-electron chi connectivity index (χ3n) is 4.35. The van der Waals surface area contributed by atoms with E-state index in [2.05, 4.69) is 26.1 Å². The Labute approximate surface area is 120 Å². The molecule has 3 atom stereocenters. The summed E-state index contributed by atoms with van der Waals surface area (Å²) >= 11 is 0. The highest BCUT2D eigenvalue weighted by Crippen LogP contribution is 2.19. The maximum absolute atomic E-state index is 6.10. The lowest BCUT2D eigenvalue weighted by Crippen LogP contribution is -2.49. The highest BCUT2D eigenvalue weighted by molar-refractivity contribution is 4.84. The molecule has 1 saturated heterocycles. The van der Waals surface area contributed by atoms with Crippen molar-refractivity contribution in [2.75, 3.05) is 6.61 Å². The monoisotopic (exact) mass is 269 g/mol. The van der Waals surface area contributed by atoms with E-state index in [1.54, 1.807) is 0 Å². The maximum Gasteiger partial charge on any atom is 0.0728 e. The van der Waals surface area contributed by atoms with Gasteiger partial charge in [-0.1, -0.05) is 52.4 Å². The zero-order valence-corrected chi connectivity index (χ0v) is 13.4. The van der Waals surface area contributed by atoms with Crippen LogP contribution in [0.1, 0.15) is 85.0 Å². The molecule has 0 radical (unpaired) electrons. The van der Waals surface area contributed by atoms with E-state index in [0.717, 1.165) is 6.61 Å². The Hall–Kier alpha value is -0.0800. The van der Waals surface area contributed by atoms with E-state index in [9.17, 15) is 0 Å². The van der Waals surface area contributed by atoms with Crippen molar-refractivity contribution in [1.82, 2.24) is 5.32 Å². The molecule has 1 heterocycles. The topological polar surface area (TPSA) is 21.3 Å². The van der Waals surface area contributed by atoms with Gasteiger partial charge in [0.2, 0.25) is 0 Å². The van der Waals surface area contributed by atoms with Crippen LogP contribution >= 0.6 is 0 Å². The van der Waals surface area contributed by atoms with Crippen molar-refractivity contribution >= 4 is 0 Å². The number of nitrogens with one attached hydrogen (secondary N) is 1. The molecular formula is C17H35NO. The summed E-state index contributed by atoms with van der Waals surface area (Å²) in [6.07, 6.45) is 13.7. The van der Waals surface area contributed by atoms with E-state index >= 15 is 0 Å². The standard InChI is InChI=1S/C17H35NO/c1-4-6-7-8-9-10-11-14-19-17-13-12-15(3)18-16(17)5-2/h15-18H,4-14H2,1-3H3. The number of hydrogen-bond donors (Lipinski definition) is 1. The summed E-state index contributed by atoms with van der Waals surface area (Å²) in [5, 5.41) is 3.67. The SMILES string of the molecule is CCCCCCCCCOC1CCC(C)NC1CC. The fourth-order valence-electron chi connectivity index (χ4n) is 3.05. The van der Waals surface area contributed by atoms with Gasteiger partial charge >= 0.3 is 0 Å². The van der Waals surface area contributed by atoms with Gasteiger partial charge in [0.1, 0.15) is 0 Å². The Morgan fingerprint density at radius 1 is 0.947 bits per heavy atom. The molecule has 1 fully saturated rings. The highest BCUT2D eigenvalue weighted by atomic mass is 16.5. The number of rotatable bonds is 10. The van der Waals surface area contributed by atoms with Gasteiger partial charge in [-0.15, -0.1) is 0 Å². The second kappa shape index (κ2) is 10.7. The number of unbranched alkanes of at least 4 members (excludes halogenated alkanes) is 6. The van der Waals surface area contributed by atoms with Gasteiger partial charge < -0.3 is 10.1 Å². The minimum atomic E-state index is 0.460. The van der Waals surface area contributed by atoms with Gasteiger partial charge in [-0.3, -0.25) is 0 Å². The van der Waals surface area contributed by atoms with Crippen LogP contribution in [0.2, 0.25) is 0 Å². The molecule has 2 heteroatoms. The molecule has 0 bridgehead atoms. The van der Waals surface area contributed by atoms with Crippen LogP contribution in [0.15, 0.2) is 0 Å². The molecule has 0 aromatic rings. The zero-order valence-electron chi connectivity index (χ0n) is 13.4. The van der Waals surface area contributed by atoms with E-state index in [0.29, 0.717) is 18.2 Å². The summed E-state index contributed by atoms with van der Waals surface area (Å²) in [5.74, 6) is 0. The lowest BCUT2D eigenvalue weighted by Gasteiger charge is -2.35. The summed E-state index contributed by atoms with van der Waals surface area (Å²) < 4.78 is 6.10. The number of ether oxygens (including phenoxy) is 1. The number of piperidine rings is 1. The van der Waals surface area contributed by atoms with Gasteiger partial charge in [0, 0.05) is 18.7 Å². The van der Waals surface area contributed by atoms with E-state index in [4.69, 9.17) is 4.74 Å². The Kier molecular flexibility index (Phi) is 9.54. The first kappa shape index (κ1) is 17.0. The third kappa shape index (κ3) is 7.31. The zero-order chi connectivity index (χ0) is 13.9. The van der Waals surface area contributed by atoms with E-state index in [-0.39, 0.29) is 0 Å². The lowest BCUT2D eigenvalue weighted by molar-refractivity contribution is -0.00209. The van der Waals surface area contributed by atoms with Crippen molar-refractivity contribution in [2.45, 2.75) is 103 Å². The molecule has 0 spiro atoms. The van der Waals surface area contributed by atoms with E-state index < -0.39 is 0 Å². The van der Waals surface area contributed by atoms with Gasteiger partial charge in [0.25, 0.3) is 0 Å². The van der Waals surface area contributed by atoms with Crippen LogP contribution in [0, 0.1) is 0 Å². The second-order valence-electron chi connectivity index (χ2n) is 6.19. The summed E-state index contributed by atoms with van der Waals surface area (Å²) in [4.78, 5) is 0. The molecule has 0 amide bonds. The van der Waals surface area contributed by atoms with Gasteiger partial charge in [0.05, 0.1) is 6.10 Å². The molecule has 1 aliphatic heterocycles. The smallest absolute Gasteiger partial charge is 0.0728 e. The first-order valence-corrected chi connectivity index (χ1v) is 8.65. The Morgan fingerprint density at radius 3 is 2.32 bits per heavy atom. The summed E-state index contributed by atoms with van der Waals surface area (Å²) in [5.41, 5.74) is 0. The molecular weight excluding hydrogens is 234 g/mol. The predicted molar refractivity (Wildman–Crippen MR) is 83.6 cm³/mol. The number of hydrogen-bond acceptors (Lipinski definition) is 2. The molecule has 0 aromatic heterocycles. The molecule has 2 nitrogen and oxygen atoms in total. The predicted octanol–water partition coefficient (Wildman–Crippen LogP) is 4.67. The van der Waals surface area contributed by atoms with Crippen LogP contribution in [0.4, 0.5) is 0 Å². The van der Waals surface area contributed by atoms with Gasteiger partial charge in [0.15, 0.2) is 0 Å². The molecule has 114 valence electrons. The molecule has 19 heavy (non-hydrogen) atoms. The van der Waals surface area contributed by atoms with Crippen molar-refractivity contribution in [3.63, 3.8) is 0 Å². The maximum atomic E-state index is 6.10. The van der Waals surface area contributed by atoms with Crippen LogP contribution in [0.25, 0.3) is 0 Å². The van der Waals surface area contributed by atoms with Crippen molar-refractivity contribution in [3.05, 3.63) is 0 Å². The van der Waals surface area contributed by atoms with Gasteiger partial charge in [-0.05, 0) is 32.6 Å². The fourth-order valence-corrected chi connectivity index (χ4v) is 3.05. The largest absolute Gasteiger partial charge is 0.377 e. The minimum Gasteiger partial charge on any atom is -0.377 e. The Morgan fingerprint density at radius 2 is 1.63 bits per heavy atom. The molecule has 3 unspecified atom stereocenters. The quantitative estimate of drug-likeness (QED) is 0.582. The van der Waals surface area contributed by atoms with Gasteiger partial charge in [-0.25, -0.2) is 0 Å². The molecule has 0 aromatic carbocycles. The van der Waals surface area contributed by atoms with Crippen LogP contribution in [0.5, 0.6) is 0 Å². The Bertz CT molecular complexity index is 207. The van der Waals surface area contributed by atoms with Crippen molar-refractivity contribution in [3.8, 4) is 0 Å². The third-order valence-corrected chi connectivity index (χ3v) is 4.35. The molecule has 1 rings (SSSR count). The van der Waals surface area contributed by atoms with Gasteiger partial charge in [-0.2, -0.15) is 0 Å². The first-order chi connectivity index (χ1) is 9.27. The van der Waals surface area contributed by atoms with Crippen LogP contribution in [-0.2, 0) is 4.74 Å². The molecule has 1 aliphatic rings. The summed E-state index contributed by atoms with van der Waals surface area (Å²) in [6, 6.07) is 1.25. The van der Waals surface area contributed by atoms with Crippen molar-refractivity contribution in [1.29, 1.82) is 0 Å². The Balaban J connectivity index is 1.99. The first-order valence-electron chi connectivity index (χ1n) is 8.65. The summed E-state index contributed by atoms with van der Waals surface area (Å²) in [6.45, 7) is 7.79. The van der Waals surface area contributed by atoms with Crippen molar-refractivity contribution < 1.29 is 4.74 Å². The van der Waals surface area contributed by atoms with Crippen LogP contribution in [-0.4, -0.2) is 24.8 Å². The minimum absolute atomic E-state index is 0.460. The van der Waals surface area contributed by atoms with E-state index in [1.165, 1.54) is 64.2 Å². The average Bonchev–Trinajstić information content (AvgIpc) is 2.43. The lowest BCUT2D eigenvalue weighted by atomic mass is 9.95. The van der Waals surface area contributed by atoms with E-state index in [1.807, 2.05) is 0 Å². The average molecular weight is 269 g/mol. The summed E-state index contributed by atoms with van der Waals surface area (Å²) in [7, 11) is 0.